The minimum absolute atomic E-state index is 0. The summed E-state index contributed by atoms with van der Waals surface area (Å²) in [6.45, 7) is 9.61. The minimum Gasteiger partial charge on any atom is -0.383 e. The first-order chi connectivity index (χ1) is 9.15. The van der Waals surface area contributed by atoms with Crippen LogP contribution >= 0.6 is 24.0 Å². The molecule has 1 heterocycles. The fourth-order valence-corrected chi connectivity index (χ4v) is 2.34. The van der Waals surface area contributed by atoms with Crippen molar-refractivity contribution in [1.82, 2.24) is 15.5 Å². The van der Waals surface area contributed by atoms with Gasteiger partial charge in [-0.1, -0.05) is 6.92 Å². The molecule has 1 atom stereocenters. The topological polar surface area (TPSA) is 48.9 Å². The van der Waals surface area contributed by atoms with E-state index in [-0.39, 0.29) is 30.0 Å². The molecule has 1 saturated heterocycles. The van der Waals surface area contributed by atoms with Gasteiger partial charge in [-0.2, -0.15) is 0 Å². The van der Waals surface area contributed by atoms with E-state index in [2.05, 4.69) is 34.4 Å². The Hall–Kier alpha value is -0.0800. The molecule has 0 aromatic heterocycles. The van der Waals surface area contributed by atoms with E-state index < -0.39 is 0 Å². The molecule has 1 fully saturated rings. The van der Waals surface area contributed by atoms with Gasteiger partial charge in [-0.05, 0) is 38.8 Å². The third kappa shape index (κ3) is 8.26. The van der Waals surface area contributed by atoms with Crippen LogP contribution in [0.15, 0.2) is 4.99 Å². The number of nitrogens with one attached hydrogen (secondary N) is 2. The normalized spacial score (nSPS) is 19.3. The second-order valence-electron chi connectivity index (χ2n) is 5.52. The van der Waals surface area contributed by atoms with E-state index in [1.54, 1.807) is 14.2 Å². The van der Waals surface area contributed by atoms with Crippen molar-refractivity contribution in [3.05, 3.63) is 0 Å². The van der Waals surface area contributed by atoms with E-state index in [1.807, 2.05) is 0 Å². The van der Waals surface area contributed by atoms with Crippen molar-refractivity contribution >= 4 is 29.9 Å². The van der Waals surface area contributed by atoms with Crippen molar-refractivity contribution in [2.24, 2.45) is 10.9 Å². The summed E-state index contributed by atoms with van der Waals surface area (Å²) < 4.78 is 5.11. The van der Waals surface area contributed by atoms with Crippen molar-refractivity contribution in [3.8, 4) is 0 Å². The highest BCUT2D eigenvalue weighted by Crippen LogP contribution is 2.14. The fourth-order valence-electron chi connectivity index (χ4n) is 2.34. The zero-order chi connectivity index (χ0) is 14.1. The molecule has 0 radical (unpaired) electrons. The van der Waals surface area contributed by atoms with Crippen molar-refractivity contribution in [1.29, 1.82) is 0 Å². The lowest BCUT2D eigenvalue weighted by Crippen LogP contribution is -2.46. The van der Waals surface area contributed by atoms with E-state index in [0.29, 0.717) is 6.61 Å². The maximum absolute atomic E-state index is 5.11. The molecule has 0 saturated carbocycles. The first-order valence-electron chi connectivity index (χ1n) is 7.34. The molecule has 6 heteroatoms. The molecule has 5 nitrogen and oxygen atoms in total. The van der Waals surface area contributed by atoms with Crippen molar-refractivity contribution in [2.75, 3.05) is 46.9 Å². The summed E-state index contributed by atoms with van der Waals surface area (Å²) in [6.07, 6.45) is 2.66. The SMILES string of the molecule is CN=C(NCCN1CCC(C)CC1)NC(C)COC.I. The zero-order valence-corrected chi connectivity index (χ0v) is 15.6. The lowest BCUT2D eigenvalue weighted by Gasteiger charge is -2.30. The molecular weight excluding hydrogens is 367 g/mol. The number of guanidine groups is 1. The first kappa shape index (κ1) is 19.9. The summed E-state index contributed by atoms with van der Waals surface area (Å²) in [5.41, 5.74) is 0. The number of piperidine rings is 1. The highest BCUT2D eigenvalue weighted by atomic mass is 127. The van der Waals surface area contributed by atoms with Crippen LogP contribution in [0.2, 0.25) is 0 Å². The van der Waals surface area contributed by atoms with Crippen LogP contribution in [0, 0.1) is 5.92 Å². The monoisotopic (exact) mass is 398 g/mol. The Labute approximate surface area is 140 Å². The second kappa shape index (κ2) is 11.6. The van der Waals surface area contributed by atoms with Crippen LogP contribution in [-0.2, 0) is 4.74 Å². The average Bonchev–Trinajstić information content (AvgIpc) is 2.40. The molecule has 0 aromatic rings. The summed E-state index contributed by atoms with van der Waals surface area (Å²) in [5, 5.41) is 6.67. The van der Waals surface area contributed by atoms with Crippen LogP contribution in [0.1, 0.15) is 26.7 Å². The van der Waals surface area contributed by atoms with Crippen molar-refractivity contribution in [3.63, 3.8) is 0 Å². The van der Waals surface area contributed by atoms with Gasteiger partial charge in [0.05, 0.1) is 6.61 Å². The van der Waals surface area contributed by atoms with Crippen LogP contribution in [0.3, 0.4) is 0 Å². The van der Waals surface area contributed by atoms with Gasteiger partial charge in [-0.3, -0.25) is 4.99 Å². The highest BCUT2D eigenvalue weighted by Gasteiger charge is 2.15. The van der Waals surface area contributed by atoms with Gasteiger partial charge in [0.2, 0.25) is 0 Å². The first-order valence-corrected chi connectivity index (χ1v) is 7.34. The molecule has 0 spiro atoms. The predicted octanol–water partition coefficient (Wildman–Crippen LogP) is 1.54. The molecule has 1 unspecified atom stereocenters. The number of likely N-dealkylation sites (tertiary alicyclic amines) is 1. The van der Waals surface area contributed by atoms with Gasteiger partial charge in [-0.25, -0.2) is 0 Å². The molecule has 0 bridgehead atoms. The maximum atomic E-state index is 5.11. The van der Waals surface area contributed by atoms with E-state index in [9.17, 15) is 0 Å². The van der Waals surface area contributed by atoms with Gasteiger partial charge in [0.15, 0.2) is 5.96 Å². The number of rotatable bonds is 6. The molecular formula is C14H31IN4O. The van der Waals surface area contributed by atoms with Gasteiger partial charge < -0.3 is 20.3 Å². The standard InChI is InChI=1S/C14H30N4O.HI/c1-12-5-8-18(9-6-12)10-7-16-14(15-3)17-13(2)11-19-4;/h12-13H,5-11H2,1-4H3,(H2,15,16,17);1H. The molecule has 20 heavy (non-hydrogen) atoms. The second-order valence-corrected chi connectivity index (χ2v) is 5.52. The van der Waals surface area contributed by atoms with Crippen LogP contribution < -0.4 is 10.6 Å². The Morgan fingerprint density at radius 2 is 2.05 bits per heavy atom. The highest BCUT2D eigenvalue weighted by molar-refractivity contribution is 14.0. The molecule has 1 aliphatic rings. The molecule has 0 aromatic carbocycles. The van der Waals surface area contributed by atoms with Crippen molar-refractivity contribution in [2.45, 2.75) is 32.7 Å². The van der Waals surface area contributed by atoms with Crippen molar-refractivity contribution < 1.29 is 4.74 Å². The maximum Gasteiger partial charge on any atom is 0.191 e. The minimum atomic E-state index is 0. The number of halogens is 1. The molecule has 0 amide bonds. The molecule has 1 rings (SSSR count). The van der Waals surface area contributed by atoms with Crippen LogP contribution in [-0.4, -0.2) is 63.8 Å². The van der Waals surface area contributed by atoms with Crippen LogP contribution in [0.25, 0.3) is 0 Å². The predicted molar refractivity (Wildman–Crippen MR) is 96.1 cm³/mol. The van der Waals surface area contributed by atoms with E-state index in [4.69, 9.17) is 4.74 Å². The lowest BCUT2D eigenvalue weighted by atomic mass is 9.99. The number of nitrogens with zero attached hydrogens (tertiary/aromatic N) is 2. The van der Waals surface area contributed by atoms with E-state index in [1.165, 1.54) is 25.9 Å². The number of ether oxygens (including phenoxy) is 1. The van der Waals surface area contributed by atoms with Gasteiger partial charge in [-0.15, -0.1) is 24.0 Å². The Kier molecular flexibility index (Phi) is 11.5. The zero-order valence-electron chi connectivity index (χ0n) is 13.3. The van der Waals surface area contributed by atoms with Gasteiger partial charge >= 0.3 is 0 Å². The van der Waals surface area contributed by atoms with E-state index in [0.717, 1.165) is 25.0 Å². The Bertz CT molecular complexity index is 268. The van der Waals surface area contributed by atoms with Gasteiger partial charge in [0.25, 0.3) is 0 Å². The average molecular weight is 398 g/mol. The Morgan fingerprint density at radius 1 is 1.40 bits per heavy atom. The number of hydrogen-bond donors (Lipinski definition) is 2. The quantitative estimate of drug-likeness (QED) is 0.405. The summed E-state index contributed by atoms with van der Waals surface area (Å²) >= 11 is 0. The molecule has 120 valence electrons. The van der Waals surface area contributed by atoms with Gasteiger partial charge in [0, 0.05) is 33.3 Å². The fraction of sp³-hybridized carbons (Fsp3) is 0.929. The summed E-state index contributed by atoms with van der Waals surface area (Å²) in [7, 11) is 3.52. The number of hydrogen-bond acceptors (Lipinski definition) is 3. The smallest absolute Gasteiger partial charge is 0.191 e. The molecule has 2 N–H and O–H groups in total. The Balaban J connectivity index is 0.00000361. The number of aliphatic imine (C=N–C) groups is 1. The van der Waals surface area contributed by atoms with Gasteiger partial charge in [0.1, 0.15) is 0 Å². The number of methoxy groups -OCH3 is 1. The third-order valence-corrected chi connectivity index (χ3v) is 3.62. The van der Waals surface area contributed by atoms with Crippen LogP contribution in [0.5, 0.6) is 0 Å². The Morgan fingerprint density at radius 3 is 2.60 bits per heavy atom. The molecule has 0 aliphatic carbocycles. The molecule has 1 aliphatic heterocycles. The largest absolute Gasteiger partial charge is 0.383 e. The third-order valence-electron chi connectivity index (χ3n) is 3.62. The van der Waals surface area contributed by atoms with E-state index >= 15 is 0 Å². The summed E-state index contributed by atoms with van der Waals surface area (Å²) in [6, 6.07) is 0.270. The summed E-state index contributed by atoms with van der Waals surface area (Å²) in [4.78, 5) is 6.75. The lowest BCUT2D eigenvalue weighted by molar-refractivity contribution is 0.178. The summed E-state index contributed by atoms with van der Waals surface area (Å²) in [5.74, 6) is 1.75. The van der Waals surface area contributed by atoms with Crippen LogP contribution in [0.4, 0.5) is 0 Å².